The molecule has 4 aromatic heterocycles. The van der Waals surface area contributed by atoms with Crippen LogP contribution in [0.15, 0.2) is 79.4 Å². The molecule has 0 bridgehead atoms. The van der Waals surface area contributed by atoms with Gasteiger partial charge < -0.3 is 5.73 Å². The fourth-order valence-electron chi connectivity index (χ4n) is 3.52. The minimum Gasteiger partial charge on any atom is -0.366 e. The summed E-state index contributed by atoms with van der Waals surface area (Å²) >= 11 is 6.65. The van der Waals surface area contributed by atoms with Crippen molar-refractivity contribution in [2.24, 2.45) is 5.73 Å². The van der Waals surface area contributed by atoms with Crippen LogP contribution in [0, 0.1) is 0 Å². The number of rotatable bonds is 5. The van der Waals surface area contributed by atoms with E-state index in [1.165, 1.54) is 4.68 Å². The third kappa shape index (κ3) is 3.32. The van der Waals surface area contributed by atoms with Gasteiger partial charge in [-0.15, -0.1) is 5.10 Å². The van der Waals surface area contributed by atoms with E-state index in [0.717, 1.165) is 22.6 Å². The van der Waals surface area contributed by atoms with Crippen molar-refractivity contribution in [1.82, 2.24) is 29.4 Å². The van der Waals surface area contributed by atoms with E-state index in [1.54, 1.807) is 42.9 Å². The number of carbonyl (C=O) groups excluding carboxylic acids is 1. The van der Waals surface area contributed by atoms with Gasteiger partial charge in [0.2, 0.25) is 5.91 Å². The molecule has 0 aliphatic carbocycles. The summed E-state index contributed by atoms with van der Waals surface area (Å²) in [6.07, 6.45) is 7.09. The minimum absolute atomic E-state index is 0.340. The SMILES string of the molecule is NC(=O)c1ccccc1C(Cl)n1cc(-c2c(-c3ccncc3)nc3ccccn23)nn1. The van der Waals surface area contributed by atoms with Crippen LogP contribution >= 0.6 is 11.6 Å². The number of hydrogen-bond donors (Lipinski definition) is 1. The Morgan fingerprint density at radius 1 is 1.03 bits per heavy atom. The zero-order valence-electron chi connectivity index (χ0n) is 16.1. The van der Waals surface area contributed by atoms with Gasteiger partial charge in [0.05, 0.1) is 11.9 Å². The number of carbonyl (C=O) groups is 1. The summed E-state index contributed by atoms with van der Waals surface area (Å²) in [5, 5.41) is 8.57. The molecule has 0 fully saturated rings. The molecule has 0 aliphatic heterocycles. The van der Waals surface area contributed by atoms with Gasteiger partial charge in [-0.25, -0.2) is 9.67 Å². The Labute approximate surface area is 181 Å². The number of amides is 1. The van der Waals surface area contributed by atoms with Crippen LogP contribution in [0.25, 0.3) is 28.3 Å². The highest BCUT2D eigenvalue weighted by Gasteiger charge is 2.22. The standard InChI is InChI=1S/C22H16ClN7O/c23-21(15-5-1-2-6-16(15)22(24)31)30-13-17(27-28-30)20-19(14-8-10-25-11-9-14)26-18-7-3-4-12-29(18)20/h1-13,21H,(H2,24,31). The first-order valence-electron chi connectivity index (χ1n) is 9.46. The van der Waals surface area contributed by atoms with E-state index in [0.29, 0.717) is 16.8 Å². The third-order valence-corrected chi connectivity index (χ3v) is 5.39. The maximum atomic E-state index is 11.8. The summed E-state index contributed by atoms with van der Waals surface area (Å²) in [6.45, 7) is 0. The molecule has 152 valence electrons. The summed E-state index contributed by atoms with van der Waals surface area (Å²) in [5.41, 5.74) is 9.45. The zero-order chi connectivity index (χ0) is 21.4. The van der Waals surface area contributed by atoms with Crippen molar-refractivity contribution in [3.63, 3.8) is 0 Å². The van der Waals surface area contributed by atoms with Crippen LogP contribution in [0.2, 0.25) is 0 Å². The van der Waals surface area contributed by atoms with E-state index in [2.05, 4.69) is 15.3 Å². The van der Waals surface area contributed by atoms with Gasteiger partial charge in [-0.05, 0) is 30.3 Å². The Hall–Kier alpha value is -4.04. The highest BCUT2D eigenvalue weighted by molar-refractivity contribution is 6.21. The number of primary amides is 1. The molecule has 0 saturated heterocycles. The van der Waals surface area contributed by atoms with Crippen LogP contribution in [0.5, 0.6) is 0 Å². The minimum atomic E-state index is -0.756. The fourth-order valence-corrected chi connectivity index (χ4v) is 3.80. The fraction of sp³-hybridized carbons (Fsp3) is 0.0455. The summed E-state index contributed by atoms with van der Waals surface area (Å²) in [7, 11) is 0. The third-order valence-electron chi connectivity index (χ3n) is 4.95. The van der Waals surface area contributed by atoms with Gasteiger partial charge in [-0.1, -0.05) is 41.1 Å². The molecule has 4 heterocycles. The predicted octanol–water partition coefficient (Wildman–Crippen LogP) is 3.54. The first-order valence-corrected chi connectivity index (χ1v) is 9.89. The molecule has 1 atom stereocenters. The summed E-state index contributed by atoms with van der Waals surface area (Å²) in [6, 6.07) is 16.5. The highest BCUT2D eigenvalue weighted by atomic mass is 35.5. The maximum Gasteiger partial charge on any atom is 0.249 e. The number of nitrogens with zero attached hydrogens (tertiary/aromatic N) is 6. The molecule has 1 unspecified atom stereocenters. The highest BCUT2D eigenvalue weighted by Crippen LogP contribution is 2.33. The number of halogens is 1. The molecule has 1 amide bonds. The topological polar surface area (TPSA) is 104 Å². The summed E-state index contributed by atoms with van der Waals surface area (Å²) < 4.78 is 3.45. The van der Waals surface area contributed by atoms with Gasteiger partial charge in [0.25, 0.3) is 0 Å². The predicted molar refractivity (Wildman–Crippen MR) is 116 cm³/mol. The van der Waals surface area contributed by atoms with Gasteiger partial charge in [-0.2, -0.15) is 0 Å². The largest absolute Gasteiger partial charge is 0.366 e. The van der Waals surface area contributed by atoms with Crippen LogP contribution in [-0.4, -0.2) is 35.3 Å². The lowest BCUT2D eigenvalue weighted by atomic mass is 10.1. The van der Waals surface area contributed by atoms with Gasteiger partial charge in [0.1, 0.15) is 17.0 Å². The Morgan fingerprint density at radius 3 is 2.61 bits per heavy atom. The molecular weight excluding hydrogens is 414 g/mol. The van der Waals surface area contributed by atoms with Crippen molar-refractivity contribution in [2.75, 3.05) is 0 Å². The van der Waals surface area contributed by atoms with Crippen LogP contribution in [0.1, 0.15) is 21.4 Å². The molecule has 5 aromatic rings. The van der Waals surface area contributed by atoms with E-state index in [4.69, 9.17) is 22.3 Å². The molecule has 0 saturated carbocycles. The number of hydrogen-bond acceptors (Lipinski definition) is 5. The molecule has 1 aromatic carbocycles. The van der Waals surface area contributed by atoms with Gasteiger partial charge in [-0.3, -0.25) is 14.2 Å². The lowest BCUT2D eigenvalue weighted by Gasteiger charge is -2.12. The first kappa shape index (κ1) is 19.0. The van der Waals surface area contributed by atoms with Crippen molar-refractivity contribution in [2.45, 2.75) is 5.50 Å². The van der Waals surface area contributed by atoms with E-state index < -0.39 is 11.4 Å². The van der Waals surface area contributed by atoms with Crippen molar-refractivity contribution in [3.8, 4) is 22.6 Å². The number of alkyl halides is 1. The number of imidazole rings is 1. The van der Waals surface area contributed by atoms with Crippen LogP contribution in [-0.2, 0) is 0 Å². The summed E-state index contributed by atoms with van der Waals surface area (Å²) in [5.74, 6) is -0.552. The molecule has 0 spiro atoms. The normalized spacial score (nSPS) is 12.2. The van der Waals surface area contributed by atoms with Crippen molar-refractivity contribution >= 4 is 23.2 Å². The second-order valence-electron chi connectivity index (χ2n) is 6.84. The van der Waals surface area contributed by atoms with E-state index in [9.17, 15) is 4.79 Å². The number of nitrogens with two attached hydrogens (primary N) is 1. The van der Waals surface area contributed by atoms with Crippen molar-refractivity contribution in [3.05, 3.63) is 90.5 Å². The molecule has 0 radical (unpaired) electrons. The average Bonchev–Trinajstić information content (AvgIpc) is 3.44. The summed E-state index contributed by atoms with van der Waals surface area (Å²) in [4.78, 5) is 20.7. The zero-order valence-corrected chi connectivity index (χ0v) is 16.9. The number of benzene rings is 1. The first-order chi connectivity index (χ1) is 15.1. The van der Waals surface area contributed by atoms with Crippen molar-refractivity contribution < 1.29 is 4.79 Å². The van der Waals surface area contributed by atoms with E-state index >= 15 is 0 Å². The van der Waals surface area contributed by atoms with E-state index in [-0.39, 0.29) is 0 Å². The monoisotopic (exact) mass is 429 g/mol. The molecule has 5 rings (SSSR count). The smallest absolute Gasteiger partial charge is 0.249 e. The average molecular weight is 430 g/mol. The van der Waals surface area contributed by atoms with Crippen molar-refractivity contribution in [1.29, 1.82) is 0 Å². The van der Waals surface area contributed by atoms with Crippen LogP contribution in [0.3, 0.4) is 0 Å². The molecule has 9 heteroatoms. The number of fused-ring (bicyclic) bond motifs is 1. The van der Waals surface area contributed by atoms with Crippen LogP contribution in [0.4, 0.5) is 0 Å². The molecule has 0 aliphatic rings. The van der Waals surface area contributed by atoms with Crippen LogP contribution < -0.4 is 5.73 Å². The van der Waals surface area contributed by atoms with E-state index in [1.807, 2.05) is 40.9 Å². The lowest BCUT2D eigenvalue weighted by Crippen LogP contribution is -2.16. The second-order valence-corrected chi connectivity index (χ2v) is 7.26. The lowest BCUT2D eigenvalue weighted by molar-refractivity contribution is 0.0999. The quantitative estimate of drug-likeness (QED) is 0.430. The second kappa shape index (κ2) is 7.66. The Morgan fingerprint density at radius 2 is 1.81 bits per heavy atom. The molecule has 8 nitrogen and oxygen atoms in total. The van der Waals surface area contributed by atoms with Gasteiger partial charge >= 0.3 is 0 Å². The molecular formula is C22H16ClN7O. The number of pyridine rings is 2. The molecule has 2 N–H and O–H groups in total. The Kier molecular flexibility index (Phi) is 4.68. The maximum absolute atomic E-state index is 11.8. The Balaban J connectivity index is 1.63. The number of aromatic nitrogens is 6. The molecule has 31 heavy (non-hydrogen) atoms. The van der Waals surface area contributed by atoms with Gasteiger partial charge in [0, 0.05) is 35.3 Å². The van der Waals surface area contributed by atoms with Gasteiger partial charge in [0.15, 0.2) is 5.50 Å². The Bertz CT molecular complexity index is 1390.